The number of esters is 1. The first-order valence-corrected chi connectivity index (χ1v) is 10.8. The lowest BCUT2D eigenvalue weighted by molar-refractivity contribution is -0.147. The second-order valence-corrected chi connectivity index (χ2v) is 9.06. The summed E-state index contributed by atoms with van der Waals surface area (Å²) in [4.78, 5) is 27.0. The second-order valence-electron chi connectivity index (χ2n) is 7.74. The van der Waals surface area contributed by atoms with Crippen LogP contribution in [0.15, 0.2) is 47.4 Å². The molecule has 0 aliphatic carbocycles. The fourth-order valence-electron chi connectivity index (χ4n) is 4.06. The van der Waals surface area contributed by atoms with Crippen LogP contribution in [0.2, 0.25) is 0 Å². The van der Waals surface area contributed by atoms with Crippen molar-refractivity contribution in [3.8, 4) is 5.75 Å². The molecule has 1 atom stereocenters. The van der Waals surface area contributed by atoms with Gasteiger partial charge in [-0.2, -0.15) is 0 Å². The Hall–Kier alpha value is -2.47. The van der Waals surface area contributed by atoms with Crippen LogP contribution in [0.5, 0.6) is 5.75 Å². The molecule has 2 aromatic rings. The van der Waals surface area contributed by atoms with Gasteiger partial charge >= 0.3 is 5.97 Å². The topological polar surface area (TPSA) is 55.8 Å². The molecule has 1 fully saturated rings. The van der Waals surface area contributed by atoms with Gasteiger partial charge in [-0.3, -0.25) is 9.69 Å². The van der Waals surface area contributed by atoms with Crippen molar-refractivity contribution in [3.05, 3.63) is 53.6 Å². The number of aryl methyl sites for hydroxylation is 1. The van der Waals surface area contributed by atoms with Gasteiger partial charge in [0.2, 0.25) is 5.91 Å². The molecule has 1 saturated heterocycles. The molecular weight excluding hydrogens is 386 g/mol. The Morgan fingerprint density at radius 2 is 2.00 bits per heavy atom. The van der Waals surface area contributed by atoms with Gasteiger partial charge in [0.25, 0.3) is 0 Å². The van der Waals surface area contributed by atoms with Gasteiger partial charge in [0.15, 0.2) is 4.87 Å². The number of nitrogens with zero attached hydrogens (tertiary/aromatic N) is 1. The van der Waals surface area contributed by atoms with E-state index in [1.54, 1.807) is 4.90 Å². The maximum atomic E-state index is 13.0. The number of para-hydroxylation sites is 1. The number of carbonyl (C=O) groups is 2. The summed E-state index contributed by atoms with van der Waals surface area (Å²) in [6.07, 6.45) is 0.815. The van der Waals surface area contributed by atoms with Crippen molar-refractivity contribution < 1.29 is 19.1 Å². The number of fused-ring (bicyclic) bond motifs is 3. The zero-order valence-corrected chi connectivity index (χ0v) is 17.8. The molecule has 1 unspecified atom stereocenters. The SMILES string of the molecule is Cc1cc(OCCOC(=O)C23CCC(=O)N2c2ccccc2S3)ccc1C(C)C. The van der Waals surface area contributed by atoms with Crippen LogP contribution < -0.4 is 9.64 Å². The van der Waals surface area contributed by atoms with Crippen LogP contribution in [-0.4, -0.2) is 30.0 Å². The molecule has 29 heavy (non-hydrogen) atoms. The number of ether oxygens (including phenoxy) is 2. The molecule has 1 amide bonds. The van der Waals surface area contributed by atoms with Crippen LogP contribution in [0, 0.1) is 6.92 Å². The summed E-state index contributed by atoms with van der Waals surface area (Å²) < 4.78 is 11.3. The molecule has 2 heterocycles. The van der Waals surface area contributed by atoms with Crippen LogP contribution >= 0.6 is 11.8 Å². The van der Waals surface area contributed by atoms with Gasteiger partial charge in [0, 0.05) is 17.7 Å². The maximum absolute atomic E-state index is 13.0. The molecule has 0 spiro atoms. The van der Waals surface area contributed by atoms with E-state index in [4.69, 9.17) is 9.47 Å². The maximum Gasteiger partial charge on any atom is 0.343 e. The molecule has 2 aliphatic heterocycles. The molecule has 0 radical (unpaired) electrons. The van der Waals surface area contributed by atoms with E-state index < -0.39 is 4.87 Å². The lowest BCUT2D eigenvalue weighted by Crippen LogP contribution is -2.48. The predicted molar refractivity (Wildman–Crippen MR) is 113 cm³/mol. The van der Waals surface area contributed by atoms with E-state index in [0.29, 0.717) is 18.8 Å². The monoisotopic (exact) mass is 411 g/mol. The molecule has 0 aromatic heterocycles. The molecule has 5 nitrogen and oxygen atoms in total. The molecule has 0 N–H and O–H groups in total. The largest absolute Gasteiger partial charge is 0.490 e. The summed E-state index contributed by atoms with van der Waals surface area (Å²) in [5, 5.41) is 0. The minimum absolute atomic E-state index is 0.0311. The Bertz CT molecular complexity index is 958. The first kappa shape index (κ1) is 19.8. The third-order valence-corrected chi connectivity index (χ3v) is 6.90. The Balaban J connectivity index is 1.37. The van der Waals surface area contributed by atoms with Crippen molar-refractivity contribution in [3.63, 3.8) is 0 Å². The third kappa shape index (κ3) is 3.50. The molecule has 0 bridgehead atoms. The van der Waals surface area contributed by atoms with E-state index >= 15 is 0 Å². The van der Waals surface area contributed by atoms with Gasteiger partial charge in [0.05, 0.1) is 5.69 Å². The van der Waals surface area contributed by atoms with Crippen molar-refractivity contribution in [1.29, 1.82) is 0 Å². The van der Waals surface area contributed by atoms with Gasteiger partial charge < -0.3 is 9.47 Å². The van der Waals surface area contributed by atoms with Gasteiger partial charge in [-0.1, -0.05) is 43.8 Å². The number of hydrogen-bond acceptors (Lipinski definition) is 5. The Labute approximate surface area is 175 Å². The second kappa shape index (κ2) is 7.75. The van der Waals surface area contributed by atoms with E-state index in [2.05, 4.69) is 26.8 Å². The summed E-state index contributed by atoms with van der Waals surface area (Å²) in [7, 11) is 0. The normalized spacial score (nSPS) is 20.0. The van der Waals surface area contributed by atoms with Crippen molar-refractivity contribution >= 4 is 29.3 Å². The first-order chi connectivity index (χ1) is 13.9. The van der Waals surface area contributed by atoms with Gasteiger partial charge in [-0.05, 0) is 48.2 Å². The first-order valence-electron chi connectivity index (χ1n) is 9.94. The average molecular weight is 412 g/mol. The lowest BCUT2D eigenvalue weighted by atomic mass is 9.98. The van der Waals surface area contributed by atoms with Crippen molar-refractivity contribution in [2.75, 3.05) is 18.1 Å². The number of anilines is 1. The van der Waals surface area contributed by atoms with Crippen LogP contribution in [0.25, 0.3) is 0 Å². The zero-order chi connectivity index (χ0) is 20.6. The number of carbonyl (C=O) groups excluding carboxylic acids is 2. The quantitative estimate of drug-likeness (QED) is 0.511. The Morgan fingerprint density at radius 1 is 1.21 bits per heavy atom. The Morgan fingerprint density at radius 3 is 2.76 bits per heavy atom. The third-order valence-electron chi connectivity index (χ3n) is 5.44. The number of amides is 1. The summed E-state index contributed by atoms with van der Waals surface area (Å²) in [5.41, 5.74) is 3.29. The highest BCUT2D eigenvalue weighted by Crippen LogP contribution is 2.56. The molecular formula is C23H25NO4S. The van der Waals surface area contributed by atoms with Crippen molar-refractivity contribution in [1.82, 2.24) is 0 Å². The molecule has 0 saturated carbocycles. The van der Waals surface area contributed by atoms with E-state index in [9.17, 15) is 9.59 Å². The highest BCUT2D eigenvalue weighted by Gasteiger charge is 2.58. The van der Waals surface area contributed by atoms with Crippen LogP contribution in [0.1, 0.15) is 43.7 Å². The predicted octanol–water partition coefficient (Wildman–Crippen LogP) is 4.67. The molecule has 6 heteroatoms. The summed E-state index contributed by atoms with van der Waals surface area (Å²) in [6, 6.07) is 13.7. The summed E-state index contributed by atoms with van der Waals surface area (Å²) in [6.45, 7) is 6.82. The van der Waals surface area contributed by atoms with Crippen LogP contribution in [0.4, 0.5) is 5.69 Å². The average Bonchev–Trinajstić information content (AvgIpc) is 3.20. The molecule has 2 aromatic carbocycles. The van der Waals surface area contributed by atoms with Crippen LogP contribution in [-0.2, 0) is 14.3 Å². The number of thioether (sulfide) groups is 1. The van der Waals surface area contributed by atoms with E-state index in [1.807, 2.05) is 36.4 Å². The fourth-order valence-corrected chi connectivity index (χ4v) is 5.48. The highest BCUT2D eigenvalue weighted by molar-refractivity contribution is 8.02. The fraction of sp³-hybridized carbons (Fsp3) is 0.391. The van der Waals surface area contributed by atoms with Crippen molar-refractivity contribution in [2.24, 2.45) is 0 Å². The molecule has 152 valence electrons. The molecule has 4 rings (SSSR count). The lowest BCUT2D eigenvalue weighted by Gasteiger charge is -2.28. The van der Waals surface area contributed by atoms with Gasteiger partial charge in [-0.25, -0.2) is 4.79 Å². The van der Waals surface area contributed by atoms with Gasteiger partial charge in [-0.15, -0.1) is 0 Å². The molecule has 2 aliphatic rings. The number of hydrogen-bond donors (Lipinski definition) is 0. The zero-order valence-electron chi connectivity index (χ0n) is 16.9. The van der Waals surface area contributed by atoms with Gasteiger partial charge in [0.1, 0.15) is 19.0 Å². The number of benzene rings is 2. The minimum Gasteiger partial charge on any atom is -0.490 e. The standard InChI is InChI=1S/C23H25NO4S/c1-15(2)18-9-8-17(14-16(18)3)27-12-13-28-22(26)23-11-10-21(25)24(23)19-6-4-5-7-20(19)29-23/h4-9,14-15H,10-13H2,1-3H3. The van der Waals surface area contributed by atoms with Crippen molar-refractivity contribution in [2.45, 2.75) is 49.3 Å². The van der Waals surface area contributed by atoms with E-state index in [1.165, 1.54) is 22.9 Å². The van der Waals surface area contributed by atoms with Crippen LogP contribution in [0.3, 0.4) is 0 Å². The van der Waals surface area contributed by atoms with E-state index in [-0.39, 0.29) is 25.1 Å². The number of rotatable bonds is 6. The Kier molecular flexibility index (Phi) is 5.30. The smallest absolute Gasteiger partial charge is 0.343 e. The summed E-state index contributed by atoms with van der Waals surface area (Å²) in [5.74, 6) is 0.826. The van der Waals surface area contributed by atoms with E-state index in [0.717, 1.165) is 16.3 Å². The minimum atomic E-state index is -0.976. The summed E-state index contributed by atoms with van der Waals surface area (Å²) >= 11 is 1.42. The highest BCUT2D eigenvalue weighted by atomic mass is 32.2.